The van der Waals surface area contributed by atoms with Crippen LogP contribution in [0.4, 0.5) is 15.3 Å². The molecule has 0 aliphatic carbocycles. The van der Waals surface area contributed by atoms with E-state index in [0.29, 0.717) is 38.9 Å². The van der Waals surface area contributed by atoms with Crippen molar-refractivity contribution in [3.05, 3.63) is 58.8 Å². The molecule has 38 heavy (non-hydrogen) atoms. The van der Waals surface area contributed by atoms with Crippen LogP contribution in [-0.2, 0) is 28.9 Å². The molecule has 3 N–H and O–H groups in total. The summed E-state index contributed by atoms with van der Waals surface area (Å²) in [7, 11) is 1.33. The van der Waals surface area contributed by atoms with Gasteiger partial charge in [0.05, 0.1) is 12.6 Å². The van der Waals surface area contributed by atoms with Gasteiger partial charge in [0, 0.05) is 48.9 Å². The number of amides is 4. The number of aryl methyl sites for hydroxylation is 2. The van der Waals surface area contributed by atoms with Crippen LogP contribution in [0.1, 0.15) is 42.1 Å². The SMILES string of the molecule is CCc1cc(CC(NC(=O)N2CCC(N3Cc4ccccc4NC3=O)CC2)C(=O)OC)cc2c(C)[nH]nc12. The number of anilines is 1. The van der Waals surface area contributed by atoms with Crippen LogP contribution in [0.5, 0.6) is 0 Å². The molecule has 1 aromatic heterocycles. The van der Waals surface area contributed by atoms with Crippen LogP contribution in [0, 0.1) is 6.92 Å². The Morgan fingerprint density at radius 2 is 1.97 bits per heavy atom. The minimum Gasteiger partial charge on any atom is -0.467 e. The third kappa shape index (κ3) is 5.03. The van der Waals surface area contributed by atoms with E-state index in [9.17, 15) is 14.4 Å². The Kier molecular flexibility index (Phi) is 7.22. The number of carbonyl (C=O) groups excluding carboxylic acids is 3. The number of ether oxygens (including phenoxy) is 1. The Balaban J connectivity index is 1.23. The first-order valence-electron chi connectivity index (χ1n) is 13.1. The summed E-state index contributed by atoms with van der Waals surface area (Å²) in [5, 5.41) is 14.3. The number of rotatable bonds is 6. The van der Waals surface area contributed by atoms with Crippen molar-refractivity contribution in [3.8, 4) is 0 Å². The fourth-order valence-electron chi connectivity index (χ4n) is 5.48. The number of methoxy groups -OCH3 is 1. The molecule has 0 bridgehead atoms. The average molecular weight is 519 g/mol. The van der Waals surface area contributed by atoms with Gasteiger partial charge < -0.3 is 25.2 Å². The van der Waals surface area contributed by atoms with Gasteiger partial charge in [0.25, 0.3) is 0 Å². The molecule has 2 aromatic carbocycles. The molecule has 10 heteroatoms. The van der Waals surface area contributed by atoms with Crippen LogP contribution in [-0.4, -0.2) is 70.3 Å². The molecule has 200 valence electrons. The van der Waals surface area contributed by atoms with E-state index < -0.39 is 12.0 Å². The number of nitrogens with one attached hydrogen (secondary N) is 3. The van der Waals surface area contributed by atoms with Gasteiger partial charge in [-0.3, -0.25) is 5.10 Å². The highest BCUT2D eigenvalue weighted by atomic mass is 16.5. The second kappa shape index (κ2) is 10.7. The number of carbonyl (C=O) groups is 3. The Morgan fingerprint density at radius 3 is 2.71 bits per heavy atom. The molecule has 1 fully saturated rings. The number of aromatic amines is 1. The van der Waals surface area contributed by atoms with Gasteiger partial charge in [0.15, 0.2) is 0 Å². The number of piperidine rings is 1. The predicted molar refractivity (Wildman–Crippen MR) is 144 cm³/mol. The van der Waals surface area contributed by atoms with Crippen LogP contribution in [0.15, 0.2) is 36.4 Å². The van der Waals surface area contributed by atoms with Crippen molar-refractivity contribution in [1.29, 1.82) is 0 Å². The molecule has 2 aliphatic rings. The maximum absolute atomic E-state index is 13.2. The molecule has 0 radical (unpaired) electrons. The molecular weight excluding hydrogens is 484 g/mol. The fourth-order valence-corrected chi connectivity index (χ4v) is 5.48. The summed E-state index contributed by atoms with van der Waals surface area (Å²) in [5.74, 6) is -0.487. The molecule has 0 spiro atoms. The second-order valence-corrected chi connectivity index (χ2v) is 10.0. The number of hydrogen-bond acceptors (Lipinski definition) is 5. The highest BCUT2D eigenvalue weighted by molar-refractivity contribution is 5.92. The van der Waals surface area contributed by atoms with Gasteiger partial charge in [-0.2, -0.15) is 5.10 Å². The molecule has 0 saturated carbocycles. The molecule has 3 heterocycles. The van der Waals surface area contributed by atoms with Crippen molar-refractivity contribution < 1.29 is 19.1 Å². The van der Waals surface area contributed by atoms with E-state index >= 15 is 0 Å². The normalized spacial score (nSPS) is 16.7. The van der Waals surface area contributed by atoms with E-state index in [0.717, 1.165) is 45.4 Å². The zero-order valence-electron chi connectivity index (χ0n) is 22.0. The maximum Gasteiger partial charge on any atom is 0.328 e. The summed E-state index contributed by atoms with van der Waals surface area (Å²) >= 11 is 0. The van der Waals surface area contributed by atoms with Crippen molar-refractivity contribution >= 4 is 34.6 Å². The van der Waals surface area contributed by atoms with E-state index in [4.69, 9.17) is 4.74 Å². The summed E-state index contributed by atoms with van der Waals surface area (Å²) < 4.78 is 5.02. The van der Waals surface area contributed by atoms with Crippen LogP contribution < -0.4 is 10.6 Å². The predicted octanol–water partition coefficient (Wildman–Crippen LogP) is 3.74. The fraction of sp³-hybridized carbons (Fsp3) is 0.429. The monoisotopic (exact) mass is 518 g/mol. The quantitative estimate of drug-likeness (QED) is 0.430. The second-order valence-electron chi connectivity index (χ2n) is 10.0. The Labute approximate surface area is 221 Å². The number of nitrogens with zero attached hydrogens (tertiary/aromatic N) is 3. The first-order valence-corrected chi connectivity index (χ1v) is 13.1. The molecule has 1 saturated heterocycles. The Hall–Kier alpha value is -4.08. The number of urea groups is 2. The molecular formula is C28H34N6O4. The largest absolute Gasteiger partial charge is 0.467 e. The van der Waals surface area contributed by atoms with Crippen LogP contribution in [0.25, 0.3) is 10.9 Å². The van der Waals surface area contributed by atoms with E-state index in [1.165, 1.54) is 7.11 Å². The topological polar surface area (TPSA) is 120 Å². The first kappa shape index (κ1) is 25.6. The number of para-hydroxylation sites is 1. The lowest BCUT2D eigenvalue weighted by Crippen LogP contribution is -2.54. The molecule has 4 amide bonds. The third-order valence-electron chi connectivity index (χ3n) is 7.65. The third-order valence-corrected chi connectivity index (χ3v) is 7.65. The zero-order valence-corrected chi connectivity index (χ0v) is 22.0. The highest BCUT2D eigenvalue weighted by Crippen LogP contribution is 2.28. The zero-order chi connectivity index (χ0) is 26.8. The summed E-state index contributed by atoms with van der Waals surface area (Å²) in [6.07, 6.45) is 2.46. The number of benzene rings is 2. The summed E-state index contributed by atoms with van der Waals surface area (Å²) in [6.45, 7) is 5.58. The van der Waals surface area contributed by atoms with Gasteiger partial charge in [-0.15, -0.1) is 0 Å². The number of aromatic nitrogens is 2. The van der Waals surface area contributed by atoms with Crippen molar-refractivity contribution in [2.75, 3.05) is 25.5 Å². The lowest BCUT2D eigenvalue weighted by Gasteiger charge is -2.40. The number of likely N-dealkylation sites (tertiary alicyclic amines) is 1. The highest BCUT2D eigenvalue weighted by Gasteiger charge is 2.33. The molecule has 5 rings (SSSR count). The van der Waals surface area contributed by atoms with E-state index in [1.807, 2.05) is 48.2 Å². The van der Waals surface area contributed by atoms with Crippen molar-refractivity contribution in [3.63, 3.8) is 0 Å². The molecule has 3 aromatic rings. The van der Waals surface area contributed by atoms with E-state index in [-0.39, 0.29) is 18.1 Å². The van der Waals surface area contributed by atoms with Gasteiger partial charge in [-0.05, 0) is 55.0 Å². The first-order chi connectivity index (χ1) is 18.4. The maximum atomic E-state index is 13.2. The molecule has 1 unspecified atom stereocenters. The van der Waals surface area contributed by atoms with Crippen molar-refractivity contribution in [1.82, 2.24) is 25.3 Å². The summed E-state index contributed by atoms with van der Waals surface area (Å²) in [5.41, 5.74) is 5.86. The number of esters is 1. The van der Waals surface area contributed by atoms with Crippen LogP contribution >= 0.6 is 0 Å². The smallest absolute Gasteiger partial charge is 0.328 e. The number of hydrogen-bond donors (Lipinski definition) is 3. The lowest BCUT2D eigenvalue weighted by molar-refractivity contribution is -0.142. The molecule has 10 nitrogen and oxygen atoms in total. The van der Waals surface area contributed by atoms with E-state index in [2.05, 4.69) is 27.8 Å². The van der Waals surface area contributed by atoms with Crippen LogP contribution in [0.3, 0.4) is 0 Å². The average Bonchev–Trinajstić information content (AvgIpc) is 3.31. The minimum absolute atomic E-state index is 0.0428. The lowest BCUT2D eigenvalue weighted by atomic mass is 9.98. The van der Waals surface area contributed by atoms with Gasteiger partial charge in [-0.25, -0.2) is 14.4 Å². The standard InChI is InChI=1S/C28H34N6O4/c1-4-19-13-18(14-22-17(2)31-32-25(19)22)15-24(26(35)38-3)30-27(36)33-11-9-21(10-12-33)34-16-20-7-5-6-8-23(20)29-28(34)37/h5-8,13-14,21,24H,4,9-12,15-16H2,1-3H3,(H,29,37)(H,30,36)(H,31,32). The van der Waals surface area contributed by atoms with E-state index in [1.54, 1.807) is 4.90 Å². The van der Waals surface area contributed by atoms with Gasteiger partial charge >= 0.3 is 18.0 Å². The minimum atomic E-state index is -0.816. The summed E-state index contributed by atoms with van der Waals surface area (Å²) in [4.78, 5) is 42.1. The van der Waals surface area contributed by atoms with Crippen LogP contribution in [0.2, 0.25) is 0 Å². The van der Waals surface area contributed by atoms with Gasteiger partial charge in [0.2, 0.25) is 0 Å². The summed E-state index contributed by atoms with van der Waals surface area (Å²) in [6, 6.07) is 10.7. The van der Waals surface area contributed by atoms with Gasteiger partial charge in [0.1, 0.15) is 6.04 Å². The molecule has 2 aliphatic heterocycles. The van der Waals surface area contributed by atoms with Crippen molar-refractivity contribution in [2.24, 2.45) is 0 Å². The van der Waals surface area contributed by atoms with Gasteiger partial charge in [-0.1, -0.05) is 31.2 Å². The Bertz CT molecular complexity index is 1360. The molecule has 1 atom stereocenters. The van der Waals surface area contributed by atoms with Crippen molar-refractivity contribution in [2.45, 2.75) is 58.2 Å². The Morgan fingerprint density at radius 1 is 1.21 bits per heavy atom. The number of H-pyrrole nitrogens is 1. The number of fused-ring (bicyclic) bond motifs is 2.